The van der Waals surface area contributed by atoms with E-state index < -0.39 is 5.97 Å². The quantitative estimate of drug-likeness (QED) is 0.820. The smallest absolute Gasteiger partial charge is 0.340 e. The maximum Gasteiger partial charge on any atom is 0.340 e. The van der Waals surface area contributed by atoms with Crippen molar-refractivity contribution in [2.75, 3.05) is 11.9 Å². The summed E-state index contributed by atoms with van der Waals surface area (Å²) in [5, 5.41) is 2.64. The minimum atomic E-state index is -0.469. The van der Waals surface area contributed by atoms with Crippen molar-refractivity contribution in [1.29, 1.82) is 0 Å². The zero-order valence-electron chi connectivity index (χ0n) is 10.3. The maximum absolute atomic E-state index is 11.9. The van der Waals surface area contributed by atoms with Crippen LogP contribution in [0.4, 0.5) is 5.69 Å². The standard InChI is InChI=1S/C13H13N3O3/c1-2-19-13(18)9-5-3-4-6-10(9)16-12(17)11-7-14-8-15-11/h3-8H,2H2,1H3,(H,14,15)(H,16,17). The van der Waals surface area contributed by atoms with Crippen molar-refractivity contribution >= 4 is 17.6 Å². The minimum absolute atomic E-state index is 0.279. The van der Waals surface area contributed by atoms with Crippen LogP contribution >= 0.6 is 0 Å². The van der Waals surface area contributed by atoms with Crippen LogP contribution in [-0.2, 0) is 4.74 Å². The Kier molecular flexibility index (Phi) is 3.92. The molecule has 0 unspecified atom stereocenters. The molecule has 2 rings (SSSR count). The Balaban J connectivity index is 2.21. The van der Waals surface area contributed by atoms with E-state index in [1.807, 2.05) is 0 Å². The predicted octanol–water partition coefficient (Wildman–Crippen LogP) is 1.84. The number of carbonyl (C=O) groups excluding carboxylic acids is 2. The van der Waals surface area contributed by atoms with Gasteiger partial charge in [0, 0.05) is 0 Å². The zero-order valence-corrected chi connectivity index (χ0v) is 10.3. The summed E-state index contributed by atoms with van der Waals surface area (Å²) in [5.41, 5.74) is 1.04. The first-order chi connectivity index (χ1) is 9.22. The van der Waals surface area contributed by atoms with E-state index >= 15 is 0 Å². The van der Waals surface area contributed by atoms with Crippen LogP contribution in [0.2, 0.25) is 0 Å². The number of nitrogens with one attached hydrogen (secondary N) is 2. The summed E-state index contributed by atoms with van der Waals surface area (Å²) in [4.78, 5) is 30.1. The number of anilines is 1. The van der Waals surface area contributed by atoms with Gasteiger partial charge in [0.25, 0.3) is 5.91 Å². The highest BCUT2D eigenvalue weighted by molar-refractivity contribution is 6.06. The predicted molar refractivity (Wildman–Crippen MR) is 68.9 cm³/mol. The van der Waals surface area contributed by atoms with Crippen LogP contribution in [0.25, 0.3) is 0 Å². The number of rotatable bonds is 4. The Morgan fingerprint density at radius 1 is 1.37 bits per heavy atom. The summed E-state index contributed by atoms with van der Waals surface area (Å²) in [6, 6.07) is 6.67. The lowest BCUT2D eigenvalue weighted by Gasteiger charge is -2.09. The van der Waals surface area contributed by atoms with Gasteiger partial charge < -0.3 is 15.0 Å². The topological polar surface area (TPSA) is 84.1 Å². The summed E-state index contributed by atoms with van der Waals surface area (Å²) >= 11 is 0. The van der Waals surface area contributed by atoms with Crippen LogP contribution in [-0.4, -0.2) is 28.5 Å². The van der Waals surface area contributed by atoms with E-state index in [1.165, 1.54) is 12.5 Å². The van der Waals surface area contributed by atoms with Gasteiger partial charge in [-0.2, -0.15) is 0 Å². The van der Waals surface area contributed by atoms with Crippen LogP contribution in [0, 0.1) is 0 Å². The van der Waals surface area contributed by atoms with Crippen molar-refractivity contribution in [3.05, 3.63) is 48.0 Å². The number of hydrogen-bond donors (Lipinski definition) is 2. The first kappa shape index (κ1) is 12.8. The van der Waals surface area contributed by atoms with Crippen molar-refractivity contribution in [3.63, 3.8) is 0 Å². The third kappa shape index (κ3) is 2.98. The molecule has 0 radical (unpaired) electrons. The molecule has 0 spiro atoms. The lowest BCUT2D eigenvalue weighted by molar-refractivity contribution is 0.0527. The fourth-order valence-corrected chi connectivity index (χ4v) is 1.55. The third-order valence-corrected chi connectivity index (χ3v) is 2.41. The van der Waals surface area contributed by atoms with Crippen LogP contribution in [0.5, 0.6) is 0 Å². The Morgan fingerprint density at radius 3 is 2.84 bits per heavy atom. The lowest BCUT2D eigenvalue weighted by Crippen LogP contribution is -2.16. The number of benzene rings is 1. The summed E-state index contributed by atoms with van der Waals surface area (Å²) in [7, 11) is 0. The van der Waals surface area contributed by atoms with Crippen LogP contribution in [0.3, 0.4) is 0 Å². The first-order valence-electron chi connectivity index (χ1n) is 5.78. The molecule has 0 fully saturated rings. The molecule has 0 saturated carbocycles. The molecule has 1 aromatic carbocycles. The van der Waals surface area contributed by atoms with Crippen molar-refractivity contribution in [2.45, 2.75) is 6.92 Å². The highest BCUT2D eigenvalue weighted by atomic mass is 16.5. The average molecular weight is 259 g/mol. The molecular weight excluding hydrogens is 246 g/mol. The van der Waals surface area contributed by atoms with Crippen molar-refractivity contribution in [2.24, 2.45) is 0 Å². The molecule has 1 heterocycles. The van der Waals surface area contributed by atoms with Gasteiger partial charge in [-0.3, -0.25) is 4.79 Å². The molecule has 0 saturated heterocycles. The second kappa shape index (κ2) is 5.81. The van der Waals surface area contributed by atoms with Gasteiger partial charge in [0.1, 0.15) is 5.69 Å². The summed E-state index contributed by atoms with van der Waals surface area (Å²) in [6.45, 7) is 2.01. The van der Waals surface area contributed by atoms with Gasteiger partial charge >= 0.3 is 5.97 Å². The number of esters is 1. The Hall–Kier alpha value is -2.63. The van der Waals surface area contributed by atoms with Crippen molar-refractivity contribution in [1.82, 2.24) is 9.97 Å². The number of imidazole rings is 1. The van der Waals surface area contributed by atoms with Crippen molar-refractivity contribution < 1.29 is 14.3 Å². The fourth-order valence-electron chi connectivity index (χ4n) is 1.55. The van der Waals surface area contributed by atoms with E-state index in [2.05, 4.69) is 15.3 Å². The number of carbonyl (C=O) groups is 2. The molecule has 6 heteroatoms. The van der Waals surface area contributed by atoms with E-state index in [9.17, 15) is 9.59 Å². The molecule has 0 aliphatic heterocycles. The van der Waals surface area contributed by atoms with Gasteiger partial charge in [0.2, 0.25) is 0 Å². The van der Waals surface area contributed by atoms with Gasteiger partial charge in [0.15, 0.2) is 0 Å². The number of hydrogen-bond acceptors (Lipinski definition) is 4. The number of H-pyrrole nitrogens is 1. The second-order valence-corrected chi connectivity index (χ2v) is 3.69. The molecule has 2 N–H and O–H groups in total. The van der Waals surface area contributed by atoms with E-state index in [1.54, 1.807) is 31.2 Å². The van der Waals surface area contributed by atoms with Crippen LogP contribution in [0.1, 0.15) is 27.8 Å². The van der Waals surface area contributed by atoms with Gasteiger partial charge in [-0.1, -0.05) is 12.1 Å². The Morgan fingerprint density at radius 2 is 2.16 bits per heavy atom. The number of aromatic nitrogens is 2. The zero-order chi connectivity index (χ0) is 13.7. The highest BCUT2D eigenvalue weighted by Crippen LogP contribution is 2.17. The molecule has 0 atom stereocenters. The summed E-state index contributed by atoms with van der Waals surface area (Å²) < 4.78 is 4.93. The van der Waals surface area contributed by atoms with Crippen molar-refractivity contribution in [3.8, 4) is 0 Å². The molecule has 6 nitrogen and oxygen atoms in total. The number of para-hydroxylation sites is 1. The third-order valence-electron chi connectivity index (χ3n) is 2.41. The molecule has 0 aliphatic rings. The number of nitrogens with zero attached hydrogens (tertiary/aromatic N) is 1. The lowest BCUT2D eigenvalue weighted by atomic mass is 10.1. The summed E-state index contributed by atoms with van der Waals surface area (Å²) in [5.74, 6) is -0.836. The fraction of sp³-hybridized carbons (Fsp3) is 0.154. The van der Waals surface area contributed by atoms with Gasteiger partial charge in [-0.25, -0.2) is 9.78 Å². The van der Waals surface area contributed by atoms with E-state index in [4.69, 9.17) is 4.74 Å². The molecule has 98 valence electrons. The maximum atomic E-state index is 11.9. The largest absolute Gasteiger partial charge is 0.462 e. The molecule has 1 amide bonds. The molecule has 1 aromatic heterocycles. The molecule has 2 aromatic rings. The monoisotopic (exact) mass is 259 g/mol. The summed E-state index contributed by atoms with van der Waals surface area (Å²) in [6.07, 6.45) is 2.81. The molecular formula is C13H13N3O3. The number of amides is 1. The Bertz CT molecular complexity index is 579. The molecule has 19 heavy (non-hydrogen) atoms. The molecule has 0 aliphatic carbocycles. The van der Waals surface area contributed by atoms with Gasteiger partial charge in [0.05, 0.1) is 30.4 Å². The second-order valence-electron chi connectivity index (χ2n) is 3.69. The highest BCUT2D eigenvalue weighted by Gasteiger charge is 2.15. The number of aromatic amines is 1. The first-order valence-corrected chi connectivity index (χ1v) is 5.78. The van der Waals surface area contributed by atoms with Crippen LogP contribution < -0.4 is 5.32 Å². The molecule has 0 bridgehead atoms. The number of ether oxygens (including phenoxy) is 1. The van der Waals surface area contributed by atoms with E-state index in [0.717, 1.165) is 0 Å². The SMILES string of the molecule is CCOC(=O)c1ccccc1NC(=O)c1cnc[nH]1. The van der Waals surface area contributed by atoms with Gasteiger partial charge in [-0.05, 0) is 19.1 Å². The normalized spacial score (nSPS) is 9.95. The van der Waals surface area contributed by atoms with Gasteiger partial charge in [-0.15, -0.1) is 0 Å². The Labute approximate surface area is 109 Å². The van der Waals surface area contributed by atoms with E-state index in [0.29, 0.717) is 16.9 Å². The average Bonchev–Trinajstić information content (AvgIpc) is 2.93. The van der Waals surface area contributed by atoms with Crippen LogP contribution in [0.15, 0.2) is 36.8 Å². The van der Waals surface area contributed by atoms with E-state index in [-0.39, 0.29) is 12.5 Å². The minimum Gasteiger partial charge on any atom is -0.462 e.